The number of aryl methyl sites for hydroxylation is 2. The van der Waals surface area contributed by atoms with Gasteiger partial charge in [-0.3, -0.25) is 0 Å². The van der Waals surface area contributed by atoms with Gasteiger partial charge >= 0.3 is 0 Å². The summed E-state index contributed by atoms with van der Waals surface area (Å²) in [6.45, 7) is 6.33. The van der Waals surface area contributed by atoms with Crippen molar-refractivity contribution < 1.29 is 0 Å². The Kier molecular flexibility index (Phi) is 4.67. The first-order chi connectivity index (χ1) is 9.04. The van der Waals surface area contributed by atoms with E-state index in [2.05, 4.69) is 56.3 Å². The number of rotatable bonds is 4. The van der Waals surface area contributed by atoms with Gasteiger partial charge in [0.25, 0.3) is 0 Å². The minimum Gasteiger partial charge on any atom is -0.328 e. The molecule has 0 fully saturated rings. The Morgan fingerprint density at radius 2 is 1.74 bits per heavy atom. The van der Waals surface area contributed by atoms with Crippen LogP contribution in [0.15, 0.2) is 52.3 Å². The van der Waals surface area contributed by atoms with E-state index in [1.807, 2.05) is 18.7 Å². The molecule has 0 saturated carbocycles. The van der Waals surface area contributed by atoms with Gasteiger partial charge in [0.05, 0.1) is 0 Å². The molecular formula is C17H21NS. The highest BCUT2D eigenvalue weighted by molar-refractivity contribution is 7.99. The van der Waals surface area contributed by atoms with Crippen LogP contribution in [0.4, 0.5) is 0 Å². The second-order valence-corrected chi connectivity index (χ2v) is 6.31. The maximum absolute atomic E-state index is 5.85. The fourth-order valence-corrected chi connectivity index (χ4v) is 2.94. The molecule has 0 spiro atoms. The van der Waals surface area contributed by atoms with Crippen molar-refractivity contribution in [1.82, 2.24) is 0 Å². The third-order valence-corrected chi connectivity index (χ3v) is 4.23. The lowest BCUT2D eigenvalue weighted by atomic mass is 10.1. The van der Waals surface area contributed by atoms with Gasteiger partial charge in [-0.15, -0.1) is 0 Å². The molecule has 0 saturated heterocycles. The number of hydrogen-bond acceptors (Lipinski definition) is 2. The lowest BCUT2D eigenvalue weighted by Crippen LogP contribution is -2.17. The van der Waals surface area contributed by atoms with Gasteiger partial charge in [0.2, 0.25) is 0 Å². The molecule has 100 valence electrons. The van der Waals surface area contributed by atoms with Gasteiger partial charge < -0.3 is 5.73 Å². The van der Waals surface area contributed by atoms with E-state index >= 15 is 0 Å². The fourth-order valence-electron chi connectivity index (χ4n) is 2.06. The molecule has 0 amide bonds. The quantitative estimate of drug-likeness (QED) is 0.895. The topological polar surface area (TPSA) is 26.0 Å². The SMILES string of the molecule is Cc1ccc(Sc2ccc(CC(C)N)cc2C)cc1. The van der Waals surface area contributed by atoms with E-state index in [1.165, 1.54) is 26.5 Å². The highest BCUT2D eigenvalue weighted by Gasteiger charge is 2.04. The van der Waals surface area contributed by atoms with Crippen LogP contribution in [0, 0.1) is 13.8 Å². The van der Waals surface area contributed by atoms with Crippen molar-refractivity contribution in [1.29, 1.82) is 0 Å². The van der Waals surface area contributed by atoms with Crippen LogP contribution >= 0.6 is 11.8 Å². The van der Waals surface area contributed by atoms with Crippen molar-refractivity contribution in [3.8, 4) is 0 Å². The number of nitrogens with two attached hydrogens (primary N) is 1. The van der Waals surface area contributed by atoms with Gasteiger partial charge in [-0.1, -0.05) is 41.6 Å². The monoisotopic (exact) mass is 271 g/mol. The van der Waals surface area contributed by atoms with E-state index in [1.54, 1.807) is 0 Å². The second-order valence-electron chi connectivity index (χ2n) is 5.20. The summed E-state index contributed by atoms with van der Waals surface area (Å²) < 4.78 is 0. The molecule has 0 aliphatic rings. The average molecular weight is 271 g/mol. The minimum absolute atomic E-state index is 0.218. The molecule has 0 radical (unpaired) electrons. The lowest BCUT2D eigenvalue weighted by molar-refractivity contribution is 0.737. The maximum Gasteiger partial charge on any atom is 0.0151 e. The van der Waals surface area contributed by atoms with E-state index in [9.17, 15) is 0 Å². The molecule has 0 aliphatic carbocycles. The van der Waals surface area contributed by atoms with Crippen molar-refractivity contribution in [2.75, 3.05) is 0 Å². The van der Waals surface area contributed by atoms with E-state index in [-0.39, 0.29) is 6.04 Å². The molecule has 2 aromatic carbocycles. The maximum atomic E-state index is 5.85. The van der Waals surface area contributed by atoms with Crippen molar-refractivity contribution in [2.24, 2.45) is 5.73 Å². The van der Waals surface area contributed by atoms with Crippen LogP contribution in [0.5, 0.6) is 0 Å². The van der Waals surface area contributed by atoms with E-state index in [0.717, 1.165) is 6.42 Å². The standard InChI is InChI=1S/C17H21NS/c1-12-4-7-16(8-5-12)19-17-9-6-15(10-13(17)2)11-14(3)18/h4-10,14H,11,18H2,1-3H3. The summed E-state index contributed by atoms with van der Waals surface area (Å²) >= 11 is 1.82. The van der Waals surface area contributed by atoms with Crippen molar-refractivity contribution in [3.63, 3.8) is 0 Å². The fraction of sp³-hybridized carbons (Fsp3) is 0.294. The number of benzene rings is 2. The van der Waals surface area contributed by atoms with Crippen LogP contribution in [0.3, 0.4) is 0 Å². The van der Waals surface area contributed by atoms with E-state index < -0.39 is 0 Å². The van der Waals surface area contributed by atoms with Gasteiger partial charge in [-0.05, 0) is 56.5 Å². The van der Waals surface area contributed by atoms with Crippen molar-refractivity contribution >= 4 is 11.8 Å². The summed E-state index contributed by atoms with van der Waals surface area (Å²) in [5.74, 6) is 0. The molecular weight excluding hydrogens is 250 g/mol. The Morgan fingerprint density at radius 1 is 1.05 bits per heavy atom. The summed E-state index contributed by atoms with van der Waals surface area (Å²) in [5, 5.41) is 0. The van der Waals surface area contributed by atoms with E-state index in [0.29, 0.717) is 0 Å². The minimum atomic E-state index is 0.218. The van der Waals surface area contributed by atoms with Crippen molar-refractivity contribution in [3.05, 3.63) is 59.2 Å². The van der Waals surface area contributed by atoms with Crippen molar-refractivity contribution in [2.45, 2.75) is 43.0 Å². The Hall–Kier alpha value is -1.25. The van der Waals surface area contributed by atoms with Crippen LogP contribution in [-0.2, 0) is 6.42 Å². The largest absolute Gasteiger partial charge is 0.328 e. The lowest BCUT2D eigenvalue weighted by Gasteiger charge is -2.10. The first-order valence-electron chi connectivity index (χ1n) is 6.64. The van der Waals surface area contributed by atoms with E-state index in [4.69, 9.17) is 5.73 Å². The highest BCUT2D eigenvalue weighted by Crippen LogP contribution is 2.30. The van der Waals surface area contributed by atoms with Gasteiger partial charge in [-0.2, -0.15) is 0 Å². The molecule has 1 nitrogen and oxygen atoms in total. The predicted octanol–water partition coefficient (Wildman–Crippen LogP) is 4.34. The van der Waals surface area contributed by atoms with Gasteiger partial charge in [-0.25, -0.2) is 0 Å². The molecule has 0 aliphatic heterocycles. The average Bonchev–Trinajstić information content (AvgIpc) is 2.34. The molecule has 2 aromatic rings. The molecule has 2 rings (SSSR count). The molecule has 0 bridgehead atoms. The zero-order chi connectivity index (χ0) is 13.8. The van der Waals surface area contributed by atoms with Crippen LogP contribution in [-0.4, -0.2) is 6.04 Å². The molecule has 2 heteroatoms. The third-order valence-electron chi connectivity index (χ3n) is 3.05. The van der Waals surface area contributed by atoms with Gasteiger partial charge in [0.1, 0.15) is 0 Å². The summed E-state index contributed by atoms with van der Waals surface area (Å²) in [6, 6.07) is 15.5. The first-order valence-corrected chi connectivity index (χ1v) is 7.46. The molecule has 0 aromatic heterocycles. The normalized spacial score (nSPS) is 12.4. The Morgan fingerprint density at radius 3 is 2.32 bits per heavy atom. The summed E-state index contributed by atoms with van der Waals surface area (Å²) in [5.41, 5.74) is 9.79. The first kappa shape index (κ1) is 14.2. The molecule has 0 heterocycles. The second kappa shape index (κ2) is 6.27. The van der Waals surface area contributed by atoms with Crippen LogP contribution < -0.4 is 5.73 Å². The van der Waals surface area contributed by atoms with Crippen LogP contribution in [0.1, 0.15) is 23.6 Å². The Labute approximate surface area is 120 Å². The molecule has 2 N–H and O–H groups in total. The summed E-state index contributed by atoms with van der Waals surface area (Å²) in [6.07, 6.45) is 0.941. The predicted molar refractivity (Wildman–Crippen MR) is 83.8 cm³/mol. The highest BCUT2D eigenvalue weighted by atomic mass is 32.2. The van der Waals surface area contributed by atoms with Gasteiger partial charge in [0.15, 0.2) is 0 Å². The van der Waals surface area contributed by atoms with Crippen LogP contribution in [0.25, 0.3) is 0 Å². The smallest absolute Gasteiger partial charge is 0.0151 e. The van der Waals surface area contributed by atoms with Crippen LogP contribution in [0.2, 0.25) is 0 Å². The molecule has 1 unspecified atom stereocenters. The Bertz CT molecular complexity index is 544. The molecule has 1 atom stereocenters. The number of hydrogen-bond donors (Lipinski definition) is 1. The molecule has 19 heavy (non-hydrogen) atoms. The van der Waals surface area contributed by atoms with Gasteiger partial charge in [0, 0.05) is 15.8 Å². The summed E-state index contributed by atoms with van der Waals surface area (Å²) in [7, 11) is 0. The zero-order valence-electron chi connectivity index (χ0n) is 11.8. The summed E-state index contributed by atoms with van der Waals surface area (Å²) in [4.78, 5) is 2.60. The third kappa shape index (κ3) is 4.12. The zero-order valence-corrected chi connectivity index (χ0v) is 12.6. The Balaban J connectivity index is 2.15.